The van der Waals surface area contributed by atoms with Gasteiger partial charge in [0.25, 0.3) is 0 Å². The molecule has 0 saturated heterocycles. The molecule has 1 aliphatic heterocycles. The zero-order valence-electron chi connectivity index (χ0n) is 13.2. The van der Waals surface area contributed by atoms with Crippen molar-refractivity contribution < 1.29 is 5.11 Å². The van der Waals surface area contributed by atoms with E-state index in [2.05, 4.69) is 39.5 Å². The number of halogens is 1. The van der Waals surface area contributed by atoms with Crippen LogP contribution in [0.4, 0.5) is 5.69 Å². The maximum absolute atomic E-state index is 10.6. The van der Waals surface area contributed by atoms with Crippen LogP contribution in [-0.4, -0.2) is 36.8 Å². The molecule has 22 heavy (non-hydrogen) atoms. The van der Waals surface area contributed by atoms with Gasteiger partial charge in [0.1, 0.15) is 0 Å². The number of guanidine groups is 1. The van der Waals surface area contributed by atoms with Gasteiger partial charge in [0, 0.05) is 25.8 Å². The molecule has 0 atom stereocenters. The second-order valence-corrected chi connectivity index (χ2v) is 6.22. The van der Waals surface area contributed by atoms with E-state index in [1.54, 1.807) is 0 Å². The van der Waals surface area contributed by atoms with Crippen LogP contribution < -0.4 is 10.2 Å². The van der Waals surface area contributed by atoms with Gasteiger partial charge >= 0.3 is 0 Å². The van der Waals surface area contributed by atoms with Gasteiger partial charge in [0.05, 0.1) is 5.60 Å². The summed E-state index contributed by atoms with van der Waals surface area (Å²) in [4.78, 5) is 6.63. The van der Waals surface area contributed by atoms with Crippen LogP contribution in [0, 0.1) is 0 Å². The number of aliphatic imine (C=N–C) groups is 1. The number of fused-ring (bicyclic) bond motifs is 1. The summed E-state index contributed by atoms with van der Waals surface area (Å²) >= 11 is 0. The van der Waals surface area contributed by atoms with Crippen molar-refractivity contribution in [3.8, 4) is 0 Å². The molecule has 0 radical (unpaired) electrons. The Morgan fingerprint density at radius 1 is 1.27 bits per heavy atom. The summed E-state index contributed by atoms with van der Waals surface area (Å²) in [5.74, 6) is 0.874. The molecular formula is C17H26IN3O. The van der Waals surface area contributed by atoms with Crippen molar-refractivity contribution in [2.24, 2.45) is 4.99 Å². The highest BCUT2D eigenvalue weighted by Crippen LogP contribution is 2.29. The first kappa shape index (κ1) is 17.5. The van der Waals surface area contributed by atoms with E-state index < -0.39 is 5.60 Å². The normalized spacial score (nSPS) is 20.3. The van der Waals surface area contributed by atoms with Crippen molar-refractivity contribution in [2.45, 2.75) is 44.1 Å². The predicted octanol–water partition coefficient (Wildman–Crippen LogP) is 2.94. The van der Waals surface area contributed by atoms with E-state index >= 15 is 0 Å². The number of anilines is 1. The molecular weight excluding hydrogens is 389 g/mol. The molecule has 1 aromatic carbocycles. The summed E-state index contributed by atoms with van der Waals surface area (Å²) < 4.78 is 0. The first-order chi connectivity index (χ1) is 10.2. The molecule has 1 saturated carbocycles. The Kier molecular flexibility index (Phi) is 6.09. The zero-order valence-corrected chi connectivity index (χ0v) is 15.5. The summed E-state index contributed by atoms with van der Waals surface area (Å²) in [6, 6.07) is 8.48. The number of nitrogens with zero attached hydrogens (tertiary/aromatic N) is 2. The van der Waals surface area contributed by atoms with Gasteiger partial charge < -0.3 is 15.3 Å². The van der Waals surface area contributed by atoms with E-state index in [1.807, 2.05) is 7.05 Å². The third-order valence-corrected chi connectivity index (χ3v) is 4.71. The first-order valence-corrected chi connectivity index (χ1v) is 8.00. The van der Waals surface area contributed by atoms with Gasteiger partial charge in [0.2, 0.25) is 0 Å². The molecule has 0 unspecified atom stereocenters. The van der Waals surface area contributed by atoms with Crippen molar-refractivity contribution >= 4 is 35.6 Å². The number of benzene rings is 1. The molecule has 0 bridgehead atoms. The average Bonchev–Trinajstić information content (AvgIpc) is 2.93. The molecule has 3 rings (SSSR count). The summed E-state index contributed by atoms with van der Waals surface area (Å²) in [5, 5.41) is 14.0. The maximum atomic E-state index is 10.6. The van der Waals surface area contributed by atoms with Crippen LogP contribution in [0.3, 0.4) is 0 Å². The Morgan fingerprint density at radius 3 is 2.73 bits per heavy atom. The molecule has 0 aromatic heterocycles. The number of hydrogen-bond acceptors (Lipinski definition) is 2. The minimum Gasteiger partial charge on any atom is -0.388 e. The molecule has 1 aliphatic carbocycles. The summed E-state index contributed by atoms with van der Waals surface area (Å²) in [6.45, 7) is 1.55. The van der Waals surface area contributed by atoms with E-state index in [4.69, 9.17) is 0 Å². The lowest BCUT2D eigenvalue weighted by molar-refractivity contribution is 0.00869. The molecule has 2 N–H and O–H groups in total. The minimum atomic E-state index is -0.562. The Bertz CT molecular complexity index is 526. The molecule has 1 heterocycles. The van der Waals surface area contributed by atoms with Gasteiger partial charge in [-0.1, -0.05) is 37.5 Å². The van der Waals surface area contributed by atoms with Crippen LogP contribution in [0.1, 0.15) is 37.7 Å². The van der Waals surface area contributed by atoms with Crippen molar-refractivity contribution in [3.05, 3.63) is 29.8 Å². The summed E-state index contributed by atoms with van der Waals surface area (Å²) in [7, 11) is 1.81. The Labute approximate surface area is 150 Å². The summed E-state index contributed by atoms with van der Waals surface area (Å²) in [6.07, 6.45) is 6.35. The first-order valence-electron chi connectivity index (χ1n) is 8.00. The highest BCUT2D eigenvalue weighted by molar-refractivity contribution is 14.0. The number of para-hydroxylation sites is 1. The Balaban J connectivity index is 0.00000176. The highest BCUT2D eigenvalue weighted by atomic mass is 127. The van der Waals surface area contributed by atoms with E-state index in [1.165, 1.54) is 17.7 Å². The monoisotopic (exact) mass is 415 g/mol. The molecule has 122 valence electrons. The third-order valence-electron chi connectivity index (χ3n) is 4.71. The fourth-order valence-electron chi connectivity index (χ4n) is 3.48. The predicted molar refractivity (Wildman–Crippen MR) is 102 cm³/mol. The standard InChI is InChI=1S/C17H25N3O.HI/c1-18-16(19-13-17(21)10-5-2-6-11-17)20-12-9-14-7-3-4-8-15(14)20;/h3-4,7-8,21H,2,5-6,9-13H2,1H3,(H,18,19);1H. The topological polar surface area (TPSA) is 47.9 Å². The number of aliphatic hydroxyl groups is 1. The highest BCUT2D eigenvalue weighted by Gasteiger charge is 2.30. The Hall–Kier alpha value is -0.820. The van der Waals surface area contributed by atoms with Crippen LogP contribution in [0.2, 0.25) is 0 Å². The molecule has 2 aliphatic rings. The van der Waals surface area contributed by atoms with E-state index in [0.717, 1.165) is 44.6 Å². The van der Waals surface area contributed by atoms with Crippen LogP contribution >= 0.6 is 24.0 Å². The van der Waals surface area contributed by atoms with Gasteiger partial charge in [-0.2, -0.15) is 0 Å². The van der Waals surface area contributed by atoms with E-state index in [9.17, 15) is 5.11 Å². The maximum Gasteiger partial charge on any atom is 0.198 e. The molecule has 5 heteroatoms. The van der Waals surface area contributed by atoms with Crippen molar-refractivity contribution in [1.82, 2.24) is 5.32 Å². The van der Waals surface area contributed by atoms with Crippen molar-refractivity contribution in [1.29, 1.82) is 0 Å². The molecule has 0 spiro atoms. The van der Waals surface area contributed by atoms with Gasteiger partial charge in [0.15, 0.2) is 5.96 Å². The van der Waals surface area contributed by atoms with Crippen molar-refractivity contribution in [2.75, 3.05) is 25.0 Å². The van der Waals surface area contributed by atoms with Crippen LogP contribution in [-0.2, 0) is 6.42 Å². The molecule has 0 amide bonds. The average molecular weight is 415 g/mol. The van der Waals surface area contributed by atoms with Crippen LogP contribution in [0.5, 0.6) is 0 Å². The van der Waals surface area contributed by atoms with Gasteiger partial charge in [-0.05, 0) is 30.9 Å². The van der Waals surface area contributed by atoms with E-state index in [-0.39, 0.29) is 24.0 Å². The number of rotatable bonds is 2. The lowest BCUT2D eigenvalue weighted by Gasteiger charge is -2.33. The fraction of sp³-hybridized carbons (Fsp3) is 0.588. The number of nitrogens with one attached hydrogen (secondary N) is 1. The van der Waals surface area contributed by atoms with Gasteiger partial charge in [-0.3, -0.25) is 4.99 Å². The van der Waals surface area contributed by atoms with Crippen LogP contribution in [0.15, 0.2) is 29.3 Å². The van der Waals surface area contributed by atoms with Crippen LogP contribution in [0.25, 0.3) is 0 Å². The smallest absolute Gasteiger partial charge is 0.198 e. The van der Waals surface area contributed by atoms with Gasteiger partial charge in [-0.15, -0.1) is 24.0 Å². The quantitative estimate of drug-likeness (QED) is 0.444. The number of hydrogen-bond donors (Lipinski definition) is 2. The molecule has 1 aromatic rings. The lowest BCUT2D eigenvalue weighted by Crippen LogP contribution is -2.49. The minimum absolute atomic E-state index is 0. The second kappa shape index (κ2) is 7.64. The van der Waals surface area contributed by atoms with Crippen molar-refractivity contribution in [3.63, 3.8) is 0 Å². The third kappa shape index (κ3) is 3.74. The van der Waals surface area contributed by atoms with Gasteiger partial charge in [-0.25, -0.2) is 0 Å². The second-order valence-electron chi connectivity index (χ2n) is 6.22. The fourth-order valence-corrected chi connectivity index (χ4v) is 3.48. The molecule has 4 nitrogen and oxygen atoms in total. The lowest BCUT2D eigenvalue weighted by atomic mass is 9.85. The largest absolute Gasteiger partial charge is 0.388 e. The zero-order chi connectivity index (χ0) is 14.7. The Morgan fingerprint density at radius 2 is 2.00 bits per heavy atom. The van der Waals surface area contributed by atoms with E-state index in [0.29, 0.717) is 6.54 Å². The molecule has 1 fully saturated rings. The SMILES string of the molecule is CN=C(NCC1(O)CCCCC1)N1CCc2ccccc21.I. The summed E-state index contributed by atoms with van der Waals surface area (Å²) in [5.41, 5.74) is 2.05.